The summed E-state index contributed by atoms with van der Waals surface area (Å²) in [6, 6.07) is 0.222. The zero-order valence-corrected chi connectivity index (χ0v) is 15.6. The molecule has 3 nitrogen and oxygen atoms in total. The number of Topliss-reactive ketones (excluding diaryl/α,β-unsaturated/α-hetero) is 1. The molecule has 3 heteroatoms. The molecule has 0 aromatic rings. The first-order valence-corrected chi connectivity index (χ1v) is 10.2. The van der Waals surface area contributed by atoms with Gasteiger partial charge in [0.1, 0.15) is 5.78 Å². The van der Waals surface area contributed by atoms with Gasteiger partial charge in [-0.05, 0) is 92.8 Å². The second kappa shape index (κ2) is 5.54. The van der Waals surface area contributed by atoms with Gasteiger partial charge >= 0.3 is 0 Å². The largest absolute Gasteiger partial charge is 0.393 e. The Balaban J connectivity index is 1.67. The Morgan fingerprint density at radius 3 is 2.54 bits per heavy atom. The molecule has 0 saturated heterocycles. The average molecular weight is 334 g/mol. The molecule has 0 spiro atoms. The normalized spacial score (nSPS) is 57.0. The highest BCUT2D eigenvalue weighted by atomic mass is 16.3. The van der Waals surface area contributed by atoms with Gasteiger partial charge in [0.15, 0.2) is 0 Å². The van der Waals surface area contributed by atoms with Crippen molar-refractivity contribution in [2.75, 3.05) is 0 Å². The second-order valence-corrected chi connectivity index (χ2v) is 10.1. The highest BCUT2D eigenvalue weighted by Gasteiger charge is 2.63. The molecule has 24 heavy (non-hydrogen) atoms. The number of ketones is 1. The van der Waals surface area contributed by atoms with E-state index in [1.165, 1.54) is 19.3 Å². The van der Waals surface area contributed by atoms with Gasteiger partial charge < -0.3 is 10.8 Å². The Morgan fingerprint density at radius 1 is 1.08 bits per heavy atom. The smallest absolute Gasteiger partial charge is 0.133 e. The van der Waals surface area contributed by atoms with E-state index < -0.39 is 0 Å². The second-order valence-electron chi connectivity index (χ2n) is 10.1. The quantitative estimate of drug-likeness (QED) is 0.771. The zero-order chi connectivity index (χ0) is 17.3. The summed E-state index contributed by atoms with van der Waals surface area (Å²) in [6.45, 7) is 6.63. The Hall–Kier alpha value is -0.410. The van der Waals surface area contributed by atoms with Crippen LogP contribution >= 0.6 is 0 Å². The molecule has 0 aromatic heterocycles. The summed E-state index contributed by atoms with van der Waals surface area (Å²) in [6.07, 6.45) is 8.78. The molecular weight excluding hydrogens is 298 g/mol. The van der Waals surface area contributed by atoms with E-state index in [2.05, 4.69) is 13.8 Å². The van der Waals surface area contributed by atoms with E-state index in [9.17, 15) is 9.90 Å². The summed E-state index contributed by atoms with van der Waals surface area (Å²) in [5, 5.41) is 10.1. The van der Waals surface area contributed by atoms with Crippen LogP contribution in [-0.2, 0) is 4.79 Å². The van der Waals surface area contributed by atoms with Crippen molar-refractivity contribution >= 4 is 5.78 Å². The van der Waals surface area contributed by atoms with Crippen molar-refractivity contribution in [1.29, 1.82) is 0 Å². The molecule has 0 amide bonds. The van der Waals surface area contributed by atoms with Gasteiger partial charge in [-0.25, -0.2) is 0 Å². The predicted molar refractivity (Wildman–Crippen MR) is 95.3 cm³/mol. The molecule has 4 aliphatic carbocycles. The van der Waals surface area contributed by atoms with Crippen molar-refractivity contribution < 1.29 is 9.90 Å². The number of hydrogen-bond donors (Lipinski definition) is 2. The molecule has 0 radical (unpaired) electrons. The first kappa shape index (κ1) is 17.0. The van der Waals surface area contributed by atoms with Crippen molar-refractivity contribution in [3.05, 3.63) is 0 Å². The van der Waals surface area contributed by atoms with E-state index in [-0.39, 0.29) is 23.5 Å². The molecule has 136 valence electrons. The number of carbonyl (C=O) groups excluding carboxylic acids is 1. The van der Waals surface area contributed by atoms with Gasteiger partial charge in [0.05, 0.1) is 6.10 Å². The van der Waals surface area contributed by atoms with Crippen molar-refractivity contribution in [3.8, 4) is 0 Å². The predicted octanol–water partition coefficient (Wildman–Crippen LogP) is 3.53. The molecule has 4 saturated carbocycles. The van der Waals surface area contributed by atoms with Crippen LogP contribution in [0.1, 0.15) is 72.1 Å². The fourth-order valence-corrected chi connectivity index (χ4v) is 8.17. The van der Waals surface area contributed by atoms with Crippen molar-refractivity contribution in [3.63, 3.8) is 0 Å². The van der Waals surface area contributed by atoms with E-state index in [0.717, 1.165) is 32.1 Å². The number of rotatable bonds is 1. The first-order chi connectivity index (χ1) is 11.3. The summed E-state index contributed by atoms with van der Waals surface area (Å²) in [4.78, 5) is 12.2. The van der Waals surface area contributed by atoms with Gasteiger partial charge in [-0.2, -0.15) is 0 Å². The standard InChI is InChI=1S/C21H35NO2/c1-12(23)16-6-7-17-15-5-4-13-10-14(24)8-9-20(13,2)19(15)18(22)11-21(16,17)3/h13-19,24H,4-11,22H2,1-3H3/t13-,14+,15-,16+,17-,18-,19+,20-,21+/m0/s1. The summed E-state index contributed by atoms with van der Waals surface area (Å²) in [5.74, 6) is 3.22. The minimum atomic E-state index is -0.0988. The van der Waals surface area contributed by atoms with Gasteiger partial charge in [-0.3, -0.25) is 4.79 Å². The van der Waals surface area contributed by atoms with Crippen molar-refractivity contribution in [2.24, 2.45) is 46.2 Å². The third-order valence-electron chi connectivity index (χ3n) is 9.13. The molecule has 0 unspecified atom stereocenters. The monoisotopic (exact) mass is 333 g/mol. The first-order valence-electron chi connectivity index (χ1n) is 10.2. The highest BCUT2D eigenvalue weighted by Crippen LogP contribution is 2.67. The minimum Gasteiger partial charge on any atom is -0.393 e. The lowest BCUT2D eigenvalue weighted by atomic mass is 9.43. The summed E-state index contributed by atoms with van der Waals surface area (Å²) >= 11 is 0. The fraction of sp³-hybridized carbons (Fsp3) is 0.952. The molecule has 0 heterocycles. The van der Waals surface area contributed by atoms with Crippen molar-refractivity contribution in [1.82, 2.24) is 0 Å². The number of nitrogens with two attached hydrogens (primary N) is 1. The number of aliphatic hydroxyl groups is 1. The van der Waals surface area contributed by atoms with Gasteiger partial charge in [-0.15, -0.1) is 0 Å². The Bertz CT molecular complexity index is 534. The van der Waals surface area contributed by atoms with E-state index in [0.29, 0.717) is 34.9 Å². The maximum absolute atomic E-state index is 12.2. The van der Waals surface area contributed by atoms with Crippen LogP contribution in [0, 0.1) is 40.4 Å². The summed E-state index contributed by atoms with van der Waals surface area (Å²) in [7, 11) is 0. The number of carbonyl (C=O) groups is 1. The molecular formula is C21H35NO2. The van der Waals surface area contributed by atoms with Gasteiger partial charge in [0, 0.05) is 12.0 Å². The number of aliphatic hydroxyl groups excluding tert-OH is 1. The van der Waals surface area contributed by atoms with Crippen LogP contribution in [0.15, 0.2) is 0 Å². The Labute approximate surface area is 146 Å². The SMILES string of the molecule is CC(=O)[C@H]1CC[C@H]2[C@@H]3CC[C@H]4C[C@H](O)CC[C@]4(C)[C@H]3[C@@H](N)C[C@]12C. The Kier molecular flexibility index (Phi) is 3.93. The van der Waals surface area contributed by atoms with Crippen LogP contribution in [0.25, 0.3) is 0 Å². The number of hydrogen-bond acceptors (Lipinski definition) is 3. The zero-order valence-electron chi connectivity index (χ0n) is 15.6. The maximum atomic E-state index is 12.2. The molecule has 4 rings (SSSR count). The molecule has 0 aliphatic heterocycles. The maximum Gasteiger partial charge on any atom is 0.133 e. The van der Waals surface area contributed by atoms with E-state index in [1.54, 1.807) is 6.92 Å². The lowest BCUT2D eigenvalue weighted by Crippen LogP contribution is -2.61. The molecule has 4 aliphatic rings. The average Bonchev–Trinajstić information content (AvgIpc) is 2.84. The van der Waals surface area contributed by atoms with Gasteiger partial charge in [-0.1, -0.05) is 13.8 Å². The van der Waals surface area contributed by atoms with E-state index in [1.807, 2.05) is 0 Å². The van der Waals surface area contributed by atoms with Crippen molar-refractivity contribution in [2.45, 2.75) is 84.3 Å². The molecule has 0 bridgehead atoms. The third kappa shape index (κ3) is 2.19. The van der Waals surface area contributed by atoms with Crippen LogP contribution in [0.3, 0.4) is 0 Å². The van der Waals surface area contributed by atoms with E-state index in [4.69, 9.17) is 5.73 Å². The summed E-state index contributed by atoms with van der Waals surface area (Å²) < 4.78 is 0. The summed E-state index contributed by atoms with van der Waals surface area (Å²) in [5.41, 5.74) is 7.28. The lowest BCUT2D eigenvalue weighted by Gasteiger charge is -2.62. The van der Waals surface area contributed by atoms with E-state index >= 15 is 0 Å². The highest BCUT2D eigenvalue weighted by molar-refractivity contribution is 5.79. The molecule has 4 fully saturated rings. The molecule has 9 atom stereocenters. The lowest BCUT2D eigenvalue weighted by molar-refractivity contribution is -0.143. The van der Waals surface area contributed by atoms with Gasteiger partial charge in [0.25, 0.3) is 0 Å². The molecule has 0 aromatic carbocycles. The van der Waals surface area contributed by atoms with Crippen LogP contribution in [-0.4, -0.2) is 23.0 Å². The number of fused-ring (bicyclic) bond motifs is 5. The van der Waals surface area contributed by atoms with Gasteiger partial charge in [0.2, 0.25) is 0 Å². The van der Waals surface area contributed by atoms with Crippen LogP contribution < -0.4 is 5.73 Å². The third-order valence-corrected chi connectivity index (χ3v) is 9.13. The molecule has 3 N–H and O–H groups in total. The fourth-order valence-electron chi connectivity index (χ4n) is 8.17. The van der Waals surface area contributed by atoms with Crippen LogP contribution in [0.2, 0.25) is 0 Å². The minimum absolute atomic E-state index is 0.0988. The van der Waals surface area contributed by atoms with Crippen LogP contribution in [0.5, 0.6) is 0 Å². The Morgan fingerprint density at radius 2 is 1.83 bits per heavy atom. The topological polar surface area (TPSA) is 63.3 Å². The van der Waals surface area contributed by atoms with Crippen LogP contribution in [0.4, 0.5) is 0 Å².